The smallest absolute Gasteiger partial charge is 0.286 e. The summed E-state index contributed by atoms with van der Waals surface area (Å²) in [5.41, 5.74) is 0. The van der Waals surface area contributed by atoms with Crippen molar-refractivity contribution >= 4 is 32.6 Å². The topological polar surface area (TPSA) is 99.9 Å². The van der Waals surface area contributed by atoms with Crippen LogP contribution in [0.15, 0.2) is 70.2 Å². The third-order valence-corrected chi connectivity index (χ3v) is 7.21. The van der Waals surface area contributed by atoms with Gasteiger partial charge in [-0.05, 0) is 35.0 Å². The molecule has 31 heavy (non-hydrogen) atoms. The number of furan rings is 1. The third kappa shape index (κ3) is 4.62. The lowest BCUT2D eigenvalue weighted by Crippen LogP contribution is -2.50. The normalized spacial score (nSPS) is 15.2. The fourth-order valence-electron chi connectivity index (χ4n) is 3.59. The summed E-state index contributed by atoms with van der Waals surface area (Å²) in [6, 6.07) is 15.9. The Bertz CT molecular complexity index is 1180. The monoisotopic (exact) mass is 441 g/mol. The molecule has 1 fully saturated rings. The van der Waals surface area contributed by atoms with Crippen molar-refractivity contribution in [2.45, 2.75) is 11.3 Å². The van der Waals surface area contributed by atoms with Crippen LogP contribution in [0, 0.1) is 0 Å². The maximum absolute atomic E-state index is 13.0. The van der Waals surface area contributed by atoms with Gasteiger partial charge in [-0.15, -0.1) is 0 Å². The Morgan fingerprint density at radius 3 is 2.39 bits per heavy atom. The number of amides is 2. The van der Waals surface area contributed by atoms with Crippen LogP contribution in [0.5, 0.6) is 0 Å². The Morgan fingerprint density at radius 2 is 1.68 bits per heavy atom. The molecule has 0 saturated carbocycles. The fraction of sp³-hybridized carbons (Fsp3) is 0.273. The van der Waals surface area contributed by atoms with Gasteiger partial charge in [-0.25, -0.2) is 8.42 Å². The van der Waals surface area contributed by atoms with E-state index in [-0.39, 0.29) is 48.5 Å². The standard InChI is InChI=1S/C22H23N3O5S/c26-21(9-10-23-22(27)20-6-3-15-30-20)24-11-13-25(14-12-24)31(28,29)19-8-7-17-4-1-2-5-18(17)16-19/h1-8,15-16H,9-14H2,(H,23,27). The minimum absolute atomic E-state index is 0.123. The molecule has 0 atom stereocenters. The SMILES string of the molecule is O=C(NCCC(=O)N1CCN(S(=O)(=O)c2ccc3ccccc3c2)CC1)c1ccco1. The van der Waals surface area contributed by atoms with Crippen LogP contribution in [-0.4, -0.2) is 62.2 Å². The molecular weight excluding hydrogens is 418 g/mol. The van der Waals surface area contributed by atoms with E-state index in [0.717, 1.165) is 10.8 Å². The summed E-state index contributed by atoms with van der Waals surface area (Å²) < 4.78 is 32.5. The van der Waals surface area contributed by atoms with Crippen LogP contribution in [0.2, 0.25) is 0 Å². The predicted octanol–water partition coefficient (Wildman–Crippen LogP) is 2.09. The quantitative estimate of drug-likeness (QED) is 0.631. The van der Waals surface area contributed by atoms with E-state index < -0.39 is 10.0 Å². The average Bonchev–Trinajstić information content (AvgIpc) is 3.34. The van der Waals surface area contributed by atoms with Crippen LogP contribution in [-0.2, 0) is 14.8 Å². The van der Waals surface area contributed by atoms with E-state index in [1.807, 2.05) is 24.3 Å². The minimum Gasteiger partial charge on any atom is -0.459 e. The fourth-order valence-corrected chi connectivity index (χ4v) is 5.05. The molecule has 1 N–H and O–H groups in total. The van der Waals surface area contributed by atoms with Crippen LogP contribution in [0.25, 0.3) is 10.8 Å². The number of hydrogen-bond donors (Lipinski definition) is 1. The van der Waals surface area contributed by atoms with Crippen molar-refractivity contribution in [3.05, 3.63) is 66.6 Å². The molecule has 4 rings (SSSR count). The first-order valence-corrected chi connectivity index (χ1v) is 11.5. The molecule has 2 aromatic carbocycles. The predicted molar refractivity (Wildman–Crippen MR) is 115 cm³/mol. The van der Waals surface area contributed by atoms with Crippen LogP contribution in [0.3, 0.4) is 0 Å². The largest absolute Gasteiger partial charge is 0.459 e. The molecule has 3 aromatic rings. The summed E-state index contributed by atoms with van der Waals surface area (Å²) in [5, 5.41) is 4.49. The molecule has 0 unspecified atom stereocenters. The highest BCUT2D eigenvalue weighted by atomic mass is 32.2. The highest BCUT2D eigenvalue weighted by Gasteiger charge is 2.30. The Labute approximate surface area is 180 Å². The number of nitrogens with zero attached hydrogens (tertiary/aromatic N) is 2. The lowest BCUT2D eigenvalue weighted by atomic mass is 10.1. The van der Waals surface area contributed by atoms with Crippen molar-refractivity contribution in [3.8, 4) is 0 Å². The number of sulfonamides is 1. The number of carbonyl (C=O) groups is 2. The maximum atomic E-state index is 13.0. The number of carbonyl (C=O) groups excluding carboxylic acids is 2. The van der Waals surface area contributed by atoms with Crippen LogP contribution >= 0.6 is 0 Å². The molecular formula is C22H23N3O5S. The molecule has 8 nitrogen and oxygen atoms in total. The van der Waals surface area contributed by atoms with E-state index in [1.54, 1.807) is 35.2 Å². The van der Waals surface area contributed by atoms with Gasteiger partial charge < -0.3 is 14.6 Å². The highest BCUT2D eigenvalue weighted by molar-refractivity contribution is 7.89. The van der Waals surface area contributed by atoms with Crippen molar-refractivity contribution in [1.82, 2.24) is 14.5 Å². The Balaban J connectivity index is 1.31. The van der Waals surface area contributed by atoms with E-state index in [0.29, 0.717) is 13.1 Å². The van der Waals surface area contributed by atoms with Crippen LogP contribution in [0.4, 0.5) is 0 Å². The molecule has 0 radical (unpaired) electrons. The van der Waals surface area contributed by atoms with E-state index in [9.17, 15) is 18.0 Å². The van der Waals surface area contributed by atoms with Crippen molar-refractivity contribution in [1.29, 1.82) is 0 Å². The molecule has 1 saturated heterocycles. The van der Waals surface area contributed by atoms with Crippen molar-refractivity contribution in [2.75, 3.05) is 32.7 Å². The first-order chi connectivity index (χ1) is 14.9. The zero-order valence-corrected chi connectivity index (χ0v) is 17.7. The second-order valence-corrected chi connectivity index (χ2v) is 9.21. The van der Waals surface area contributed by atoms with Gasteiger partial charge in [-0.3, -0.25) is 9.59 Å². The van der Waals surface area contributed by atoms with E-state index in [1.165, 1.54) is 10.6 Å². The lowest BCUT2D eigenvalue weighted by molar-refractivity contribution is -0.132. The van der Waals surface area contributed by atoms with Crippen LogP contribution < -0.4 is 5.32 Å². The van der Waals surface area contributed by atoms with E-state index in [4.69, 9.17) is 4.42 Å². The van der Waals surface area contributed by atoms with Gasteiger partial charge in [0.15, 0.2) is 5.76 Å². The highest BCUT2D eigenvalue weighted by Crippen LogP contribution is 2.23. The molecule has 1 aliphatic rings. The van der Waals surface area contributed by atoms with Crippen LogP contribution in [0.1, 0.15) is 17.0 Å². The van der Waals surface area contributed by atoms with Gasteiger partial charge in [-0.1, -0.05) is 30.3 Å². The van der Waals surface area contributed by atoms with Crippen molar-refractivity contribution in [3.63, 3.8) is 0 Å². The first kappa shape index (κ1) is 21.1. The van der Waals surface area contributed by atoms with E-state index in [2.05, 4.69) is 5.32 Å². The second-order valence-electron chi connectivity index (χ2n) is 7.28. The lowest BCUT2D eigenvalue weighted by Gasteiger charge is -2.34. The van der Waals surface area contributed by atoms with Crippen molar-refractivity contribution in [2.24, 2.45) is 0 Å². The second kappa shape index (κ2) is 8.91. The van der Waals surface area contributed by atoms with Gasteiger partial charge >= 0.3 is 0 Å². The van der Waals surface area contributed by atoms with Crippen molar-refractivity contribution < 1.29 is 22.4 Å². The van der Waals surface area contributed by atoms with Gasteiger partial charge in [0.1, 0.15) is 0 Å². The molecule has 1 aliphatic heterocycles. The molecule has 9 heteroatoms. The van der Waals surface area contributed by atoms with Gasteiger partial charge in [0.05, 0.1) is 11.2 Å². The summed E-state index contributed by atoms with van der Waals surface area (Å²) in [6.07, 6.45) is 1.55. The Hall–Kier alpha value is -3.17. The minimum atomic E-state index is -3.63. The molecule has 1 aromatic heterocycles. The first-order valence-electron chi connectivity index (χ1n) is 10.0. The number of piperazine rings is 1. The number of hydrogen-bond acceptors (Lipinski definition) is 5. The van der Waals surface area contributed by atoms with Gasteiger partial charge in [-0.2, -0.15) is 4.31 Å². The Morgan fingerprint density at radius 1 is 0.935 bits per heavy atom. The average molecular weight is 442 g/mol. The van der Waals surface area contributed by atoms with Gasteiger partial charge in [0, 0.05) is 39.1 Å². The zero-order valence-electron chi connectivity index (χ0n) is 16.9. The third-order valence-electron chi connectivity index (χ3n) is 5.32. The van der Waals surface area contributed by atoms with Gasteiger partial charge in [0.2, 0.25) is 15.9 Å². The maximum Gasteiger partial charge on any atom is 0.286 e. The van der Waals surface area contributed by atoms with E-state index >= 15 is 0 Å². The molecule has 0 spiro atoms. The summed E-state index contributed by atoms with van der Waals surface area (Å²) >= 11 is 0. The molecule has 0 bridgehead atoms. The Kier molecular flexibility index (Phi) is 6.06. The summed E-state index contributed by atoms with van der Waals surface area (Å²) in [6.45, 7) is 1.29. The van der Waals surface area contributed by atoms with Gasteiger partial charge in [0.25, 0.3) is 5.91 Å². The molecule has 2 amide bonds. The molecule has 0 aliphatic carbocycles. The number of fused-ring (bicyclic) bond motifs is 1. The number of rotatable bonds is 6. The number of nitrogens with one attached hydrogen (secondary N) is 1. The molecule has 162 valence electrons. The molecule has 2 heterocycles. The summed E-state index contributed by atoms with van der Waals surface area (Å²) in [4.78, 5) is 26.1. The summed E-state index contributed by atoms with van der Waals surface area (Å²) in [7, 11) is -3.63. The zero-order chi connectivity index (χ0) is 21.8. The summed E-state index contributed by atoms with van der Waals surface area (Å²) in [5.74, 6) is -0.299. The number of benzene rings is 2.